The van der Waals surface area contributed by atoms with Crippen LogP contribution in [0.2, 0.25) is 0 Å². The molecule has 2 unspecified atom stereocenters. The zero-order valence-corrected chi connectivity index (χ0v) is 9.42. The van der Waals surface area contributed by atoms with Gasteiger partial charge in [0.15, 0.2) is 0 Å². The molecule has 1 amide bonds. The largest absolute Gasteiger partial charge is 0.334 e. The van der Waals surface area contributed by atoms with Crippen LogP contribution < -0.4 is 0 Å². The van der Waals surface area contributed by atoms with Gasteiger partial charge in [-0.2, -0.15) is 0 Å². The van der Waals surface area contributed by atoms with E-state index in [1.807, 2.05) is 11.8 Å². The van der Waals surface area contributed by atoms with Gasteiger partial charge >= 0.3 is 0 Å². The molecule has 0 aromatic rings. The molecular weight excluding hydrogens is 162 g/mol. The van der Waals surface area contributed by atoms with Crippen molar-refractivity contribution in [2.45, 2.75) is 59.0 Å². The van der Waals surface area contributed by atoms with Gasteiger partial charge in [0.1, 0.15) is 0 Å². The summed E-state index contributed by atoms with van der Waals surface area (Å²) in [5.74, 6) is 0.508. The molecule has 0 bridgehead atoms. The molecule has 1 saturated heterocycles. The first-order valence-corrected chi connectivity index (χ1v) is 5.23. The normalized spacial score (nSPS) is 28.1. The van der Waals surface area contributed by atoms with Crippen LogP contribution in [0.15, 0.2) is 0 Å². The van der Waals surface area contributed by atoms with Gasteiger partial charge < -0.3 is 4.90 Å². The second kappa shape index (κ2) is 3.32. The number of amides is 1. The van der Waals surface area contributed by atoms with Crippen LogP contribution in [0, 0.1) is 5.92 Å². The molecule has 76 valence electrons. The third kappa shape index (κ3) is 1.72. The molecule has 1 aliphatic rings. The molecule has 2 nitrogen and oxygen atoms in total. The van der Waals surface area contributed by atoms with Crippen LogP contribution in [0.5, 0.6) is 0 Å². The average molecular weight is 183 g/mol. The Bertz CT molecular complexity index is 210. The van der Waals surface area contributed by atoms with Gasteiger partial charge in [-0.25, -0.2) is 0 Å². The fourth-order valence-corrected chi connectivity index (χ4v) is 2.32. The van der Waals surface area contributed by atoms with Gasteiger partial charge in [-0.15, -0.1) is 0 Å². The van der Waals surface area contributed by atoms with Gasteiger partial charge in [0.25, 0.3) is 0 Å². The van der Waals surface area contributed by atoms with E-state index >= 15 is 0 Å². The van der Waals surface area contributed by atoms with Crippen molar-refractivity contribution in [2.24, 2.45) is 5.92 Å². The van der Waals surface area contributed by atoms with E-state index in [2.05, 4.69) is 27.7 Å². The summed E-state index contributed by atoms with van der Waals surface area (Å²) >= 11 is 0. The highest BCUT2D eigenvalue weighted by Gasteiger charge is 2.45. The SMILES string of the molecule is CCC(C)C(=O)N1C(C)CC1(C)C. The minimum atomic E-state index is 0.0972. The predicted molar refractivity (Wildman–Crippen MR) is 54.5 cm³/mol. The number of hydrogen-bond acceptors (Lipinski definition) is 1. The number of hydrogen-bond donors (Lipinski definition) is 0. The van der Waals surface area contributed by atoms with Crippen molar-refractivity contribution in [3.63, 3.8) is 0 Å². The molecule has 0 N–H and O–H groups in total. The summed E-state index contributed by atoms with van der Waals surface area (Å²) in [5, 5.41) is 0. The molecule has 0 aromatic carbocycles. The molecule has 0 spiro atoms. The van der Waals surface area contributed by atoms with Crippen molar-refractivity contribution in [1.82, 2.24) is 4.90 Å². The highest BCUT2D eigenvalue weighted by atomic mass is 16.2. The molecule has 2 atom stereocenters. The lowest BCUT2D eigenvalue weighted by Crippen LogP contribution is -2.64. The summed E-state index contributed by atoms with van der Waals surface area (Å²) in [4.78, 5) is 14.0. The van der Waals surface area contributed by atoms with E-state index in [0.29, 0.717) is 11.9 Å². The van der Waals surface area contributed by atoms with Crippen LogP contribution in [0.1, 0.15) is 47.5 Å². The van der Waals surface area contributed by atoms with Gasteiger partial charge in [-0.3, -0.25) is 4.79 Å². The lowest BCUT2D eigenvalue weighted by molar-refractivity contribution is -0.156. The third-order valence-electron chi connectivity index (χ3n) is 3.16. The quantitative estimate of drug-likeness (QED) is 0.644. The second-order valence-electron chi connectivity index (χ2n) is 4.88. The Kier molecular flexibility index (Phi) is 2.69. The summed E-state index contributed by atoms with van der Waals surface area (Å²) in [5.41, 5.74) is 0.0972. The molecule has 0 radical (unpaired) electrons. The van der Waals surface area contributed by atoms with Crippen LogP contribution in [-0.2, 0) is 4.79 Å². The zero-order chi connectivity index (χ0) is 10.2. The standard InChI is InChI=1S/C11H21NO/c1-6-8(2)10(13)12-9(3)7-11(12,4)5/h8-9H,6-7H2,1-5H3. The maximum Gasteiger partial charge on any atom is 0.226 e. The summed E-state index contributed by atoms with van der Waals surface area (Å²) in [6.45, 7) is 10.5. The number of rotatable bonds is 2. The fourth-order valence-electron chi connectivity index (χ4n) is 2.32. The van der Waals surface area contributed by atoms with Gasteiger partial charge in [0.05, 0.1) is 0 Å². The summed E-state index contributed by atoms with van der Waals surface area (Å²) in [6.07, 6.45) is 2.08. The van der Waals surface area contributed by atoms with Crippen LogP contribution >= 0.6 is 0 Å². The zero-order valence-electron chi connectivity index (χ0n) is 9.42. The highest BCUT2D eigenvalue weighted by molar-refractivity contribution is 5.80. The van der Waals surface area contributed by atoms with Crippen molar-refractivity contribution in [3.8, 4) is 0 Å². The predicted octanol–water partition coefficient (Wildman–Crippen LogP) is 2.43. The van der Waals surface area contributed by atoms with Crippen molar-refractivity contribution in [2.75, 3.05) is 0 Å². The Morgan fingerprint density at radius 3 is 2.46 bits per heavy atom. The van der Waals surface area contributed by atoms with Crippen molar-refractivity contribution >= 4 is 5.91 Å². The number of nitrogens with zero attached hydrogens (tertiary/aromatic N) is 1. The Morgan fingerprint density at radius 1 is 1.62 bits per heavy atom. The van der Waals surface area contributed by atoms with Crippen molar-refractivity contribution in [1.29, 1.82) is 0 Å². The van der Waals surface area contributed by atoms with Gasteiger partial charge in [-0.05, 0) is 33.6 Å². The topological polar surface area (TPSA) is 20.3 Å². The van der Waals surface area contributed by atoms with E-state index in [4.69, 9.17) is 0 Å². The Balaban J connectivity index is 2.66. The van der Waals surface area contributed by atoms with E-state index < -0.39 is 0 Å². The Hall–Kier alpha value is -0.530. The third-order valence-corrected chi connectivity index (χ3v) is 3.16. The van der Waals surface area contributed by atoms with Gasteiger partial charge in [0, 0.05) is 17.5 Å². The van der Waals surface area contributed by atoms with Crippen LogP contribution in [-0.4, -0.2) is 22.4 Å². The van der Waals surface area contributed by atoms with Gasteiger partial charge in [-0.1, -0.05) is 13.8 Å². The summed E-state index contributed by atoms with van der Waals surface area (Å²) in [6, 6.07) is 0.441. The second-order valence-corrected chi connectivity index (χ2v) is 4.88. The van der Waals surface area contributed by atoms with E-state index in [-0.39, 0.29) is 11.5 Å². The van der Waals surface area contributed by atoms with Crippen LogP contribution in [0.3, 0.4) is 0 Å². The molecule has 0 aromatic heterocycles. The van der Waals surface area contributed by atoms with E-state index in [1.54, 1.807) is 0 Å². The van der Waals surface area contributed by atoms with Crippen molar-refractivity contribution in [3.05, 3.63) is 0 Å². The number of carbonyl (C=O) groups is 1. The molecule has 13 heavy (non-hydrogen) atoms. The first kappa shape index (κ1) is 10.6. The maximum absolute atomic E-state index is 11.9. The van der Waals surface area contributed by atoms with Gasteiger partial charge in [0.2, 0.25) is 5.91 Å². The monoisotopic (exact) mass is 183 g/mol. The first-order chi connectivity index (χ1) is 5.90. The molecule has 0 aliphatic carbocycles. The fraction of sp³-hybridized carbons (Fsp3) is 0.909. The Morgan fingerprint density at radius 2 is 2.15 bits per heavy atom. The smallest absolute Gasteiger partial charge is 0.226 e. The van der Waals surface area contributed by atoms with Crippen LogP contribution in [0.25, 0.3) is 0 Å². The summed E-state index contributed by atoms with van der Waals surface area (Å²) in [7, 11) is 0. The summed E-state index contributed by atoms with van der Waals surface area (Å²) < 4.78 is 0. The molecule has 1 rings (SSSR count). The maximum atomic E-state index is 11.9. The molecule has 1 aliphatic heterocycles. The van der Waals surface area contributed by atoms with E-state index in [9.17, 15) is 4.79 Å². The average Bonchev–Trinajstić information content (AvgIpc) is 2.00. The number of likely N-dealkylation sites (tertiary alicyclic amines) is 1. The molecule has 2 heteroatoms. The minimum absolute atomic E-state index is 0.0972. The van der Waals surface area contributed by atoms with E-state index in [0.717, 1.165) is 12.8 Å². The highest BCUT2D eigenvalue weighted by Crippen LogP contribution is 2.37. The molecule has 1 heterocycles. The lowest BCUT2D eigenvalue weighted by Gasteiger charge is -2.54. The number of carbonyl (C=O) groups excluding carboxylic acids is 1. The molecule has 0 saturated carbocycles. The van der Waals surface area contributed by atoms with E-state index in [1.165, 1.54) is 0 Å². The van der Waals surface area contributed by atoms with Crippen LogP contribution in [0.4, 0.5) is 0 Å². The first-order valence-electron chi connectivity index (χ1n) is 5.23. The molecular formula is C11H21NO. The molecule has 1 fully saturated rings. The minimum Gasteiger partial charge on any atom is -0.334 e. The Labute approximate surface area is 81.3 Å². The van der Waals surface area contributed by atoms with Crippen molar-refractivity contribution < 1.29 is 4.79 Å². The lowest BCUT2D eigenvalue weighted by atomic mass is 9.81.